The predicted molar refractivity (Wildman–Crippen MR) is 59.6 cm³/mol. The number of rotatable bonds is 3. The van der Waals surface area contributed by atoms with Crippen molar-refractivity contribution >= 4 is 11.6 Å². The fourth-order valence-corrected chi connectivity index (χ4v) is 1.64. The number of hydrogen-bond acceptors (Lipinski definition) is 2. The zero-order chi connectivity index (χ0) is 10.8. The maximum Gasteiger partial charge on any atom is 0.0611 e. The monoisotopic (exact) mass is 213 g/mol. The van der Waals surface area contributed by atoms with Gasteiger partial charge in [0.2, 0.25) is 0 Å². The zero-order valence-corrected chi connectivity index (χ0v) is 9.30. The Bertz CT molecular complexity index is 303. The van der Waals surface area contributed by atoms with Gasteiger partial charge < -0.3 is 10.8 Å². The number of hydrogen-bond donors (Lipinski definition) is 2. The Morgan fingerprint density at radius 1 is 1.50 bits per heavy atom. The van der Waals surface area contributed by atoms with E-state index >= 15 is 0 Å². The van der Waals surface area contributed by atoms with Crippen molar-refractivity contribution in [3.05, 3.63) is 34.3 Å². The van der Waals surface area contributed by atoms with Crippen LogP contribution in [-0.2, 0) is 6.42 Å². The van der Waals surface area contributed by atoms with Gasteiger partial charge in [0.1, 0.15) is 0 Å². The lowest BCUT2D eigenvalue weighted by atomic mass is 9.92. The van der Waals surface area contributed by atoms with E-state index in [9.17, 15) is 0 Å². The van der Waals surface area contributed by atoms with E-state index in [0.29, 0.717) is 6.42 Å². The van der Waals surface area contributed by atoms with Gasteiger partial charge in [-0.25, -0.2) is 0 Å². The third kappa shape index (κ3) is 2.71. The molecule has 1 aromatic carbocycles. The first kappa shape index (κ1) is 11.5. The first-order valence-electron chi connectivity index (χ1n) is 4.60. The van der Waals surface area contributed by atoms with Gasteiger partial charge in [-0.3, -0.25) is 0 Å². The Labute approximate surface area is 89.7 Å². The minimum absolute atomic E-state index is 0.0440. The Hall–Kier alpha value is -0.570. The van der Waals surface area contributed by atoms with Crippen LogP contribution in [0.2, 0.25) is 5.02 Å². The molecule has 0 saturated carbocycles. The number of aliphatic hydroxyl groups is 1. The quantitative estimate of drug-likeness (QED) is 0.806. The van der Waals surface area contributed by atoms with Gasteiger partial charge in [-0.2, -0.15) is 0 Å². The second-order valence-corrected chi connectivity index (χ2v) is 4.43. The molecule has 1 rings (SSSR count). The summed E-state index contributed by atoms with van der Waals surface area (Å²) in [7, 11) is 0. The maximum absolute atomic E-state index is 9.07. The van der Waals surface area contributed by atoms with Crippen LogP contribution in [0.4, 0.5) is 0 Å². The van der Waals surface area contributed by atoms with Crippen LogP contribution in [0.3, 0.4) is 0 Å². The second-order valence-electron chi connectivity index (χ2n) is 4.02. The minimum atomic E-state index is -0.601. The SMILES string of the molecule is Cc1cccc(Cl)c1CC(C)(N)CO. The molecule has 0 aliphatic rings. The van der Waals surface area contributed by atoms with E-state index in [4.69, 9.17) is 22.4 Å². The highest BCUT2D eigenvalue weighted by atomic mass is 35.5. The number of benzene rings is 1. The second kappa shape index (κ2) is 4.30. The third-order valence-electron chi connectivity index (χ3n) is 2.29. The van der Waals surface area contributed by atoms with Crippen molar-refractivity contribution in [3.8, 4) is 0 Å². The summed E-state index contributed by atoms with van der Waals surface area (Å²) in [6.45, 7) is 3.77. The molecular weight excluding hydrogens is 198 g/mol. The standard InChI is InChI=1S/C11H16ClNO/c1-8-4-3-5-10(12)9(8)6-11(2,13)7-14/h3-5,14H,6-7,13H2,1-2H3. The molecule has 0 aromatic heterocycles. The Morgan fingerprint density at radius 3 is 2.64 bits per heavy atom. The molecule has 0 saturated heterocycles. The number of aryl methyl sites for hydroxylation is 1. The van der Waals surface area contributed by atoms with Gasteiger partial charge in [-0.15, -0.1) is 0 Å². The summed E-state index contributed by atoms with van der Waals surface area (Å²) in [5, 5.41) is 9.79. The van der Waals surface area contributed by atoms with Crippen molar-refractivity contribution in [2.24, 2.45) is 5.73 Å². The fourth-order valence-electron chi connectivity index (χ4n) is 1.35. The van der Waals surface area contributed by atoms with Crippen molar-refractivity contribution in [1.82, 2.24) is 0 Å². The highest BCUT2D eigenvalue weighted by Gasteiger charge is 2.20. The normalized spacial score (nSPS) is 15.2. The molecule has 0 fully saturated rings. The molecular formula is C11H16ClNO. The number of halogens is 1. The Morgan fingerprint density at radius 2 is 2.14 bits per heavy atom. The average Bonchev–Trinajstić information content (AvgIpc) is 2.12. The van der Waals surface area contributed by atoms with Crippen LogP contribution >= 0.6 is 11.6 Å². The van der Waals surface area contributed by atoms with Gasteiger partial charge in [-0.1, -0.05) is 23.7 Å². The van der Waals surface area contributed by atoms with E-state index < -0.39 is 5.54 Å². The zero-order valence-electron chi connectivity index (χ0n) is 8.55. The Kier molecular flexibility index (Phi) is 3.53. The molecule has 14 heavy (non-hydrogen) atoms. The lowest BCUT2D eigenvalue weighted by Gasteiger charge is -2.23. The fraction of sp³-hybridized carbons (Fsp3) is 0.455. The highest BCUT2D eigenvalue weighted by molar-refractivity contribution is 6.31. The van der Waals surface area contributed by atoms with Crippen LogP contribution in [0.25, 0.3) is 0 Å². The van der Waals surface area contributed by atoms with Gasteiger partial charge in [0.15, 0.2) is 0 Å². The highest BCUT2D eigenvalue weighted by Crippen LogP contribution is 2.23. The van der Waals surface area contributed by atoms with Gasteiger partial charge in [0.25, 0.3) is 0 Å². The molecule has 0 spiro atoms. The van der Waals surface area contributed by atoms with Crippen molar-refractivity contribution in [2.45, 2.75) is 25.8 Å². The molecule has 0 aliphatic carbocycles. The first-order chi connectivity index (χ1) is 6.46. The maximum atomic E-state index is 9.07. The molecule has 3 N–H and O–H groups in total. The number of nitrogens with two attached hydrogens (primary N) is 1. The Balaban J connectivity index is 2.97. The largest absolute Gasteiger partial charge is 0.394 e. The van der Waals surface area contributed by atoms with E-state index in [1.54, 1.807) is 0 Å². The van der Waals surface area contributed by atoms with E-state index in [1.165, 1.54) is 0 Å². The van der Waals surface area contributed by atoms with Crippen LogP contribution in [0.5, 0.6) is 0 Å². The summed E-state index contributed by atoms with van der Waals surface area (Å²) >= 11 is 6.06. The van der Waals surface area contributed by atoms with Gasteiger partial charge in [0, 0.05) is 10.6 Å². The lowest BCUT2D eigenvalue weighted by molar-refractivity contribution is 0.208. The van der Waals surface area contributed by atoms with Crippen molar-refractivity contribution in [1.29, 1.82) is 0 Å². The molecule has 0 aliphatic heterocycles. The summed E-state index contributed by atoms with van der Waals surface area (Å²) in [4.78, 5) is 0. The van der Waals surface area contributed by atoms with E-state index in [1.807, 2.05) is 32.0 Å². The molecule has 78 valence electrons. The van der Waals surface area contributed by atoms with Crippen LogP contribution in [-0.4, -0.2) is 17.3 Å². The van der Waals surface area contributed by atoms with E-state index in [2.05, 4.69) is 0 Å². The minimum Gasteiger partial charge on any atom is -0.394 e. The molecule has 0 heterocycles. The molecule has 1 atom stereocenters. The summed E-state index contributed by atoms with van der Waals surface area (Å²) in [6, 6.07) is 5.75. The summed E-state index contributed by atoms with van der Waals surface area (Å²) in [6.07, 6.45) is 0.592. The van der Waals surface area contributed by atoms with Gasteiger partial charge >= 0.3 is 0 Å². The summed E-state index contributed by atoms with van der Waals surface area (Å²) in [5.41, 5.74) is 7.41. The molecule has 0 amide bonds. The van der Waals surface area contributed by atoms with E-state index in [-0.39, 0.29) is 6.61 Å². The first-order valence-corrected chi connectivity index (χ1v) is 4.98. The van der Waals surface area contributed by atoms with Gasteiger partial charge in [-0.05, 0) is 37.5 Å². The molecule has 0 bridgehead atoms. The lowest BCUT2D eigenvalue weighted by Crippen LogP contribution is -2.42. The summed E-state index contributed by atoms with van der Waals surface area (Å²) < 4.78 is 0. The van der Waals surface area contributed by atoms with Crippen molar-refractivity contribution in [2.75, 3.05) is 6.61 Å². The van der Waals surface area contributed by atoms with Crippen LogP contribution in [0, 0.1) is 6.92 Å². The van der Waals surface area contributed by atoms with Crippen molar-refractivity contribution < 1.29 is 5.11 Å². The summed E-state index contributed by atoms with van der Waals surface area (Å²) in [5.74, 6) is 0. The van der Waals surface area contributed by atoms with Crippen LogP contribution in [0.15, 0.2) is 18.2 Å². The third-order valence-corrected chi connectivity index (χ3v) is 2.65. The molecule has 2 nitrogen and oxygen atoms in total. The van der Waals surface area contributed by atoms with Crippen LogP contribution in [0.1, 0.15) is 18.1 Å². The van der Waals surface area contributed by atoms with Gasteiger partial charge in [0.05, 0.1) is 6.61 Å². The van der Waals surface area contributed by atoms with Crippen molar-refractivity contribution in [3.63, 3.8) is 0 Å². The molecule has 1 unspecified atom stereocenters. The predicted octanol–water partition coefficient (Wildman–Crippen LogP) is 1.90. The van der Waals surface area contributed by atoms with E-state index in [0.717, 1.165) is 16.1 Å². The smallest absolute Gasteiger partial charge is 0.0611 e. The molecule has 1 aromatic rings. The average molecular weight is 214 g/mol. The van der Waals surface area contributed by atoms with Crippen LogP contribution < -0.4 is 5.73 Å². The molecule has 0 radical (unpaired) electrons. The number of aliphatic hydroxyl groups excluding tert-OH is 1. The topological polar surface area (TPSA) is 46.2 Å². The molecule has 3 heteroatoms.